The lowest BCUT2D eigenvalue weighted by Crippen LogP contribution is -2.11. The Kier molecular flexibility index (Phi) is 4.63. The maximum Gasteiger partial charge on any atom is 0.417 e. The fourth-order valence-electron chi connectivity index (χ4n) is 2.42. The molecule has 0 aliphatic heterocycles. The zero-order chi connectivity index (χ0) is 19.8. The predicted molar refractivity (Wildman–Crippen MR) is 83.3 cm³/mol. The van der Waals surface area contributed by atoms with Crippen LogP contribution in [-0.2, 0) is 19.0 Å². The number of fused-ring (bicyclic) bond motifs is 1. The summed E-state index contributed by atoms with van der Waals surface area (Å²) in [6.07, 6.45) is -9.18. The van der Waals surface area contributed by atoms with Gasteiger partial charge in [-0.25, -0.2) is 4.79 Å². The lowest BCUT2D eigenvalue weighted by atomic mass is 10.1. The minimum Gasteiger partial charge on any atom is -0.489 e. The van der Waals surface area contributed by atoms with E-state index in [-0.39, 0.29) is 23.3 Å². The summed E-state index contributed by atoms with van der Waals surface area (Å²) < 4.78 is 86.7. The molecule has 0 radical (unpaired) electrons. The molecule has 3 aromatic rings. The van der Waals surface area contributed by atoms with Crippen LogP contribution in [0.25, 0.3) is 11.0 Å². The van der Waals surface area contributed by atoms with Gasteiger partial charge in [0.1, 0.15) is 17.9 Å². The summed E-state index contributed by atoms with van der Waals surface area (Å²) in [5.41, 5.74) is -2.97. The third kappa shape index (κ3) is 4.24. The van der Waals surface area contributed by atoms with Crippen molar-refractivity contribution >= 4 is 11.0 Å². The van der Waals surface area contributed by atoms with Crippen molar-refractivity contribution in [1.29, 1.82) is 0 Å². The molecule has 0 saturated heterocycles. The number of rotatable bonds is 3. The van der Waals surface area contributed by atoms with Gasteiger partial charge in [-0.2, -0.15) is 26.3 Å². The first-order valence-electron chi connectivity index (χ1n) is 7.48. The van der Waals surface area contributed by atoms with Crippen molar-refractivity contribution in [3.8, 4) is 5.75 Å². The predicted octanol–water partition coefficient (Wildman–Crippen LogP) is 5.41. The van der Waals surface area contributed by atoms with E-state index < -0.39 is 29.1 Å². The summed E-state index contributed by atoms with van der Waals surface area (Å²) >= 11 is 0. The maximum absolute atomic E-state index is 13.0. The van der Waals surface area contributed by atoms with Crippen LogP contribution in [0.5, 0.6) is 5.75 Å². The van der Waals surface area contributed by atoms with E-state index in [1.54, 1.807) is 0 Å². The third-order valence-corrected chi connectivity index (χ3v) is 3.71. The van der Waals surface area contributed by atoms with Crippen LogP contribution in [0.1, 0.15) is 16.7 Å². The molecule has 0 atom stereocenters. The highest BCUT2D eigenvalue weighted by molar-refractivity contribution is 5.82. The summed E-state index contributed by atoms with van der Waals surface area (Å²) in [5, 5.41) is -0.302. The van der Waals surface area contributed by atoms with Crippen molar-refractivity contribution in [2.45, 2.75) is 19.0 Å². The highest BCUT2D eigenvalue weighted by Crippen LogP contribution is 2.35. The molecule has 0 N–H and O–H groups in total. The van der Waals surface area contributed by atoms with Crippen molar-refractivity contribution in [1.82, 2.24) is 0 Å². The van der Waals surface area contributed by atoms with Gasteiger partial charge in [0.2, 0.25) is 0 Å². The van der Waals surface area contributed by atoms with Crippen molar-refractivity contribution < 1.29 is 35.5 Å². The third-order valence-electron chi connectivity index (χ3n) is 3.71. The number of hydrogen-bond donors (Lipinski definition) is 0. The lowest BCUT2D eigenvalue weighted by molar-refractivity contribution is -0.138. The topological polar surface area (TPSA) is 39.4 Å². The Morgan fingerprint density at radius 1 is 0.852 bits per heavy atom. The van der Waals surface area contributed by atoms with E-state index in [9.17, 15) is 31.1 Å². The molecular weight excluding hydrogens is 378 g/mol. The summed E-state index contributed by atoms with van der Waals surface area (Å²) in [7, 11) is 0. The molecule has 0 aliphatic carbocycles. The van der Waals surface area contributed by atoms with Gasteiger partial charge >= 0.3 is 18.0 Å². The number of halogens is 6. The van der Waals surface area contributed by atoms with Gasteiger partial charge in [-0.1, -0.05) is 12.1 Å². The quantitative estimate of drug-likeness (QED) is 0.445. The van der Waals surface area contributed by atoms with Gasteiger partial charge in [0.05, 0.1) is 11.1 Å². The zero-order valence-corrected chi connectivity index (χ0v) is 13.3. The van der Waals surface area contributed by atoms with Crippen LogP contribution in [0.4, 0.5) is 26.3 Å². The van der Waals surface area contributed by atoms with E-state index >= 15 is 0 Å². The Hall–Kier alpha value is -2.97. The van der Waals surface area contributed by atoms with Crippen molar-refractivity contribution in [3.63, 3.8) is 0 Å². The summed E-state index contributed by atoms with van der Waals surface area (Å²) in [4.78, 5) is 11.4. The molecule has 0 amide bonds. The molecule has 0 unspecified atom stereocenters. The number of ether oxygens (including phenoxy) is 1. The van der Waals surface area contributed by atoms with Gasteiger partial charge < -0.3 is 9.15 Å². The largest absolute Gasteiger partial charge is 0.489 e. The second-order valence-electron chi connectivity index (χ2n) is 5.62. The first-order chi connectivity index (χ1) is 12.5. The Labute approximate surface area is 147 Å². The molecule has 142 valence electrons. The van der Waals surface area contributed by atoms with Gasteiger partial charge in [-0.05, 0) is 29.8 Å². The Morgan fingerprint density at radius 2 is 1.52 bits per heavy atom. The van der Waals surface area contributed by atoms with Crippen molar-refractivity contribution in [2.75, 3.05) is 0 Å². The standard InChI is InChI=1S/C18H10F6O3/c19-17(20,21)11-3-1-10(2-4-11)9-26-12-5-6-13-14(18(22,23)24)8-16(25)27-15(13)7-12/h1-8H,9H2. The lowest BCUT2D eigenvalue weighted by Gasteiger charge is -2.11. The molecular formula is C18H10F6O3. The molecule has 3 nitrogen and oxygen atoms in total. The van der Waals surface area contributed by atoms with E-state index in [1.165, 1.54) is 18.2 Å². The molecule has 0 spiro atoms. The summed E-state index contributed by atoms with van der Waals surface area (Å²) in [5.74, 6) is 0.102. The summed E-state index contributed by atoms with van der Waals surface area (Å²) in [6.45, 7) is -0.118. The van der Waals surface area contributed by atoms with Crippen LogP contribution in [0.3, 0.4) is 0 Å². The number of alkyl halides is 6. The highest BCUT2D eigenvalue weighted by atomic mass is 19.4. The van der Waals surface area contributed by atoms with Crippen molar-refractivity contribution in [2.24, 2.45) is 0 Å². The number of hydrogen-bond acceptors (Lipinski definition) is 3. The molecule has 0 aliphatic rings. The van der Waals surface area contributed by atoms with E-state index in [0.717, 1.165) is 24.3 Å². The molecule has 0 fully saturated rings. The van der Waals surface area contributed by atoms with Gasteiger partial charge in [-0.3, -0.25) is 0 Å². The zero-order valence-electron chi connectivity index (χ0n) is 13.3. The summed E-state index contributed by atoms with van der Waals surface area (Å²) in [6, 6.07) is 8.09. The second-order valence-corrected chi connectivity index (χ2v) is 5.62. The normalized spacial score (nSPS) is 12.4. The maximum atomic E-state index is 13.0. The fraction of sp³-hybridized carbons (Fsp3) is 0.167. The van der Waals surface area contributed by atoms with Crippen LogP contribution in [-0.4, -0.2) is 0 Å². The van der Waals surface area contributed by atoms with Crippen LogP contribution in [0.15, 0.2) is 57.7 Å². The smallest absolute Gasteiger partial charge is 0.417 e. The first-order valence-corrected chi connectivity index (χ1v) is 7.48. The fourth-order valence-corrected chi connectivity index (χ4v) is 2.42. The average Bonchev–Trinajstić information content (AvgIpc) is 2.57. The minimum absolute atomic E-state index is 0.102. The Morgan fingerprint density at radius 3 is 2.11 bits per heavy atom. The highest BCUT2D eigenvalue weighted by Gasteiger charge is 2.34. The number of benzene rings is 2. The van der Waals surface area contributed by atoms with Gasteiger partial charge in [0.15, 0.2) is 0 Å². The van der Waals surface area contributed by atoms with Gasteiger partial charge in [0.25, 0.3) is 0 Å². The molecule has 3 rings (SSSR count). The minimum atomic E-state index is -4.73. The molecule has 27 heavy (non-hydrogen) atoms. The molecule has 1 aromatic heterocycles. The molecule has 0 bridgehead atoms. The van der Waals surface area contributed by atoms with Crippen LogP contribution in [0, 0.1) is 0 Å². The monoisotopic (exact) mass is 388 g/mol. The second kappa shape index (κ2) is 6.64. The molecule has 1 heterocycles. The van der Waals surface area contributed by atoms with Crippen LogP contribution in [0.2, 0.25) is 0 Å². The van der Waals surface area contributed by atoms with Gasteiger partial charge in [-0.15, -0.1) is 0 Å². The molecule has 9 heteroatoms. The van der Waals surface area contributed by atoms with Crippen molar-refractivity contribution in [3.05, 3.63) is 75.6 Å². The van der Waals surface area contributed by atoms with E-state index in [4.69, 9.17) is 9.15 Å². The van der Waals surface area contributed by atoms with E-state index in [2.05, 4.69) is 0 Å². The average molecular weight is 388 g/mol. The first kappa shape index (κ1) is 18.8. The Bertz CT molecular complexity index is 1020. The van der Waals surface area contributed by atoms with Gasteiger partial charge in [0, 0.05) is 17.5 Å². The molecule has 0 saturated carbocycles. The molecule has 2 aromatic carbocycles. The SMILES string of the molecule is O=c1cc(C(F)(F)F)c2ccc(OCc3ccc(C(F)(F)F)cc3)cc2o1. The Balaban J connectivity index is 1.83. The van der Waals surface area contributed by atoms with E-state index in [0.29, 0.717) is 11.6 Å². The van der Waals surface area contributed by atoms with Crippen LogP contribution >= 0.6 is 0 Å². The van der Waals surface area contributed by atoms with E-state index in [1.807, 2.05) is 0 Å². The van der Waals surface area contributed by atoms with Crippen LogP contribution < -0.4 is 10.4 Å².